The van der Waals surface area contributed by atoms with Gasteiger partial charge in [-0.05, 0) is 6.92 Å². The first-order valence-corrected chi connectivity index (χ1v) is 7.29. The van der Waals surface area contributed by atoms with E-state index in [9.17, 15) is 26.3 Å². The van der Waals surface area contributed by atoms with Crippen molar-refractivity contribution in [3.8, 4) is 10.6 Å². The molecule has 0 atom stereocenters. The van der Waals surface area contributed by atoms with E-state index in [4.69, 9.17) is 0 Å². The van der Waals surface area contributed by atoms with Crippen LogP contribution in [0, 0.1) is 6.92 Å². The number of aryl methyl sites for hydroxylation is 1. The van der Waals surface area contributed by atoms with Crippen molar-refractivity contribution < 1.29 is 26.3 Å². The molecule has 23 heavy (non-hydrogen) atoms. The fourth-order valence-corrected chi connectivity index (χ4v) is 3.24. The molecule has 0 saturated heterocycles. The second-order valence-corrected chi connectivity index (χ2v) is 6.32. The van der Waals surface area contributed by atoms with Gasteiger partial charge < -0.3 is 0 Å². The Kier molecular flexibility index (Phi) is 3.37. The van der Waals surface area contributed by atoms with E-state index in [0.29, 0.717) is 10.6 Å². The zero-order chi connectivity index (χ0) is 17.0. The first-order chi connectivity index (χ1) is 10.6. The number of nitrogens with zero attached hydrogens (tertiary/aromatic N) is 1. The standard InChI is InChI=1S/C15H9F6NS/c1-8-11(22-12(23-8)9-5-3-2-4-6-9)10-7-13(16,17)15(20,21)14(10,18)19/h2-7H,1H3. The molecule has 1 nitrogen and oxygen atoms in total. The Balaban J connectivity index is 2.12. The second-order valence-electron chi connectivity index (χ2n) is 5.12. The van der Waals surface area contributed by atoms with Gasteiger partial charge in [0.2, 0.25) is 0 Å². The van der Waals surface area contributed by atoms with Crippen LogP contribution in [0.1, 0.15) is 10.6 Å². The van der Waals surface area contributed by atoms with Gasteiger partial charge in [0.1, 0.15) is 5.01 Å². The normalized spacial score (nSPS) is 21.3. The molecule has 0 saturated carbocycles. The van der Waals surface area contributed by atoms with E-state index in [2.05, 4.69) is 4.98 Å². The highest BCUT2D eigenvalue weighted by atomic mass is 32.1. The Morgan fingerprint density at radius 2 is 1.57 bits per heavy atom. The second kappa shape index (κ2) is 4.83. The Bertz CT molecular complexity index is 779. The van der Waals surface area contributed by atoms with Crippen LogP contribution in [-0.2, 0) is 0 Å². The van der Waals surface area contributed by atoms with Crippen molar-refractivity contribution in [3.05, 3.63) is 47.0 Å². The summed E-state index contributed by atoms with van der Waals surface area (Å²) in [6, 6.07) is 8.44. The highest BCUT2D eigenvalue weighted by Crippen LogP contribution is 2.58. The fourth-order valence-electron chi connectivity index (χ4n) is 2.31. The van der Waals surface area contributed by atoms with Crippen molar-refractivity contribution in [2.24, 2.45) is 0 Å². The van der Waals surface area contributed by atoms with Gasteiger partial charge in [0.25, 0.3) is 0 Å². The zero-order valence-electron chi connectivity index (χ0n) is 11.6. The monoisotopic (exact) mass is 349 g/mol. The molecule has 1 aromatic carbocycles. The van der Waals surface area contributed by atoms with Gasteiger partial charge in [-0.1, -0.05) is 30.3 Å². The number of halogens is 6. The van der Waals surface area contributed by atoms with Gasteiger partial charge in [-0.25, -0.2) is 4.98 Å². The molecule has 0 amide bonds. The van der Waals surface area contributed by atoms with Gasteiger partial charge in [0.05, 0.1) is 11.3 Å². The number of allylic oxidation sites excluding steroid dienone is 2. The van der Waals surface area contributed by atoms with E-state index in [0.717, 1.165) is 11.3 Å². The van der Waals surface area contributed by atoms with Crippen LogP contribution >= 0.6 is 11.3 Å². The van der Waals surface area contributed by atoms with Gasteiger partial charge in [0.15, 0.2) is 0 Å². The summed E-state index contributed by atoms with van der Waals surface area (Å²) in [6.45, 7) is 1.38. The lowest BCUT2D eigenvalue weighted by Crippen LogP contribution is -2.48. The van der Waals surface area contributed by atoms with Gasteiger partial charge in [0, 0.05) is 16.5 Å². The summed E-state index contributed by atoms with van der Waals surface area (Å²) in [6.07, 6.45) is -0.371. The van der Waals surface area contributed by atoms with E-state index in [1.54, 1.807) is 30.3 Å². The van der Waals surface area contributed by atoms with E-state index in [1.807, 2.05) is 0 Å². The SMILES string of the molecule is Cc1sc(-c2ccccc2)nc1C1=CC(F)(F)C(F)(F)C1(F)F. The van der Waals surface area contributed by atoms with Crippen LogP contribution in [0.3, 0.4) is 0 Å². The van der Waals surface area contributed by atoms with Crippen LogP contribution in [0.25, 0.3) is 16.1 Å². The molecule has 0 N–H and O–H groups in total. The summed E-state index contributed by atoms with van der Waals surface area (Å²) in [5.41, 5.74) is -1.36. The third kappa shape index (κ3) is 2.19. The van der Waals surface area contributed by atoms with Crippen molar-refractivity contribution in [1.29, 1.82) is 0 Å². The number of aromatic nitrogens is 1. The molecule has 1 aliphatic rings. The van der Waals surface area contributed by atoms with Crippen molar-refractivity contribution >= 4 is 16.9 Å². The smallest absolute Gasteiger partial charge is 0.236 e. The van der Waals surface area contributed by atoms with Gasteiger partial charge in [-0.2, -0.15) is 26.3 Å². The summed E-state index contributed by atoms with van der Waals surface area (Å²) in [5, 5.41) is 0.299. The number of benzene rings is 1. The molecule has 122 valence electrons. The number of hydrogen-bond acceptors (Lipinski definition) is 2. The van der Waals surface area contributed by atoms with E-state index >= 15 is 0 Å². The summed E-state index contributed by atoms with van der Waals surface area (Å²) < 4.78 is 80.9. The number of rotatable bonds is 2. The minimum atomic E-state index is -5.47. The Morgan fingerprint density at radius 3 is 2.09 bits per heavy atom. The van der Waals surface area contributed by atoms with Crippen molar-refractivity contribution in [2.45, 2.75) is 24.7 Å². The lowest BCUT2D eigenvalue weighted by atomic mass is 10.1. The van der Waals surface area contributed by atoms with Gasteiger partial charge in [-0.15, -0.1) is 11.3 Å². The fraction of sp³-hybridized carbons (Fsp3) is 0.267. The largest absolute Gasteiger partial charge is 0.380 e. The van der Waals surface area contributed by atoms with Crippen molar-refractivity contribution in [3.63, 3.8) is 0 Å². The third-order valence-corrected chi connectivity index (χ3v) is 4.57. The lowest BCUT2D eigenvalue weighted by molar-refractivity contribution is -0.257. The average Bonchev–Trinajstić information content (AvgIpc) is 2.91. The maximum atomic E-state index is 13.8. The molecule has 0 fully saturated rings. The van der Waals surface area contributed by atoms with E-state index < -0.39 is 29.0 Å². The quantitative estimate of drug-likeness (QED) is 0.660. The van der Waals surface area contributed by atoms with Crippen LogP contribution in [0.2, 0.25) is 0 Å². The van der Waals surface area contributed by atoms with Gasteiger partial charge in [-0.3, -0.25) is 0 Å². The summed E-state index contributed by atoms with van der Waals surface area (Å²) >= 11 is 0.980. The molecule has 8 heteroatoms. The Morgan fingerprint density at radius 1 is 0.957 bits per heavy atom. The molecule has 0 radical (unpaired) electrons. The molecule has 0 spiro atoms. The van der Waals surface area contributed by atoms with Crippen molar-refractivity contribution in [1.82, 2.24) is 4.98 Å². The predicted molar refractivity (Wildman–Crippen MR) is 75.1 cm³/mol. The van der Waals surface area contributed by atoms with Crippen LogP contribution in [0.5, 0.6) is 0 Å². The summed E-state index contributed by atoms with van der Waals surface area (Å²) in [4.78, 5) is 4.06. The molecular formula is C15H9F6NS. The first-order valence-electron chi connectivity index (χ1n) is 6.48. The highest BCUT2D eigenvalue weighted by Gasteiger charge is 2.77. The summed E-state index contributed by atoms with van der Waals surface area (Å²) in [5.74, 6) is -15.4. The van der Waals surface area contributed by atoms with Crippen LogP contribution in [-0.4, -0.2) is 22.8 Å². The molecular weight excluding hydrogens is 340 g/mol. The maximum absolute atomic E-state index is 13.8. The predicted octanol–water partition coefficient (Wildman–Crippen LogP) is 5.42. The molecule has 2 aromatic rings. The van der Waals surface area contributed by atoms with Crippen molar-refractivity contribution in [2.75, 3.05) is 0 Å². The molecule has 1 aliphatic carbocycles. The molecule has 3 rings (SSSR count). The number of alkyl halides is 6. The number of hydrogen-bond donors (Lipinski definition) is 0. The van der Waals surface area contributed by atoms with Crippen LogP contribution < -0.4 is 0 Å². The summed E-state index contributed by atoms with van der Waals surface area (Å²) in [7, 11) is 0. The molecule has 0 bridgehead atoms. The minimum absolute atomic E-state index is 0.170. The van der Waals surface area contributed by atoms with Crippen LogP contribution in [0.15, 0.2) is 36.4 Å². The van der Waals surface area contributed by atoms with Gasteiger partial charge >= 0.3 is 17.8 Å². The van der Waals surface area contributed by atoms with E-state index in [1.165, 1.54) is 6.92 Å². The van der Waals surface area contributed by atoms with E-state index in [-0.39, 0.29) is 11.0 Å². The lowest BCUT2D eigenvalue weighted by Gasteiger charge is -2.24. The molecule has 0 unspecified atom stereocenters. The average molecular weight is 349 g/mol. The highest BCUT2D eigenvalue weighted by molar-refractivity contribution is 7.15. The topological polar surface area (TPSA) is 12.9 Å². The third-order valence-electron chi connectivity index (χ3n) is 3.55. The Hall–Kier alpha value is -1.83. The molecule has 1 heterocycles. The maximum Gasteiger partial charge on any atom is 0.380 e. The molecule has 1 aromatic heterocycles. The minimum Gasteiger partial charge on any atom is -0.236 e. The molecule has 0 aliphatic heterocycles. The number of thiazole rings is 1. The zero-order valence-corrected chi connectivity index (χ0v) is 12.4. The Labute approximate surface area is 131 Å². The first kappa shape index (κ1) is 16.0. The van der Waals surface area contributed by atoms with Crippen LogP contribution in [0.4, 0.5) is 26.3 Å².